The fourth-order valence-electron chi connectivity index (χ4n) is 8.08. The Kier molecular flexibility index (Phi) is 9.44. The number of para-hydroxylation sites is 4. The first kappa shape index (κ1) is 35.9. The van der Waals surface area contributed by atoms with Gasteiger partial charge in [-0.25, -0.2) is 0 Å². The summed E-state index contributed by atoms with van der Waals surface area (Å²) in [4.78, 5) is 4.40. The van der Waals surface area contributed by atoms with E-state index >= 15 is 0 Å². The van der Waals surface area contributed by atoms with Gasteiger partial charge in [0.2, 0.25) is 0 Å². The number of aliphatic hydroxyl groups is 2. The number of anilines is 6. The molecule has 0 fully saturated rings. The third-order valence-electron chi connectivity index (χ3n) is 10.7. The van der Waals surface area contributed by atoms with Crippen LogP contribution in [0.5, 0.6) is 0 Å². The van der Waals surface area contributed by atoms with Crippen LogP contribution in [-0.2, 0) is 11.2 Å². The summed E-state index contributed by atoms with van der Waals surface area (Å²) in [6.07, 6.45) is 0. The van der Waals surface area contributed by atoms with Crippen LogP contribution in [0.25, 0.3) is 0 Å². The Morgan fingerprint density at radius 1 is 0.304 bits per heavy atom. The van der Waals surface area contributed by atoms with Crippen LogP contribution < -0.4 is 9.80 Å². The molecule has 56 heavy (non-hydrogen) atoms. The van der Waals surface area contributed by atoms with E-state index in [1.54, 1.807) is 0 Å². The van der Waals surface area contributed by atoms with Gasteiger partial charge in [-0.3, -0.25) is 0 Å². The van der Waals surface area contributed by atoms with Crippen molar-refractivity contribution >= 4 is 66.0 Å². The van der Waals surface area contributed by atoms with Crippen LogP contribution in [0.2, 0.25) is 0 Å². The molecule has 2 unspecified atom stereocenters. The maximum atomic E-state index is 13.3. The zero-order chi connectivity index (χ0) is 38.3. The Morgan fingerprint density at radius 3 is 0.857 bits per heavy atom. The van der Waals surface area contributed by atoms with Crippen LogP contribution in [0.4, 0.5) is 34.1 Å². The maximum absolute atomic E-state index is 13.3. The molecule has 2 atom stereocenters. The lowest BCUT2D eigenvalue weighted by Crippen LogP contribution is -2.44. The molecule has 0 bridgehead atoms. The highest BCUT2D eigenvalue weighted by Crippen LogP contribution is 2.54. The molecule has 0 aliphatic heterocycles. The number of benzene rings is 8. The molecule has 8 aromatic carbocycles. The molecule has 0 radical (unpaired) electrons. The molecule has 0 saturated heterocycles. The highest BCUT2D eigenvalue weighted by molar-refractivity contribution is 9.10. The minimum atomic E-state index is -1.60. The molecule has 1 aliphatic carbocycles. The Morgan fingerprint density at radius 2 is 0.571 bits per heavy atom. The van der Waals surface area contributed by atoms with Gasteiger partial charge in [0.25, 0.3) is 0 Å². The first-order valence-electron chi connectivity index (χ1n) is 18.4. The van der Waals surface area contributed by atoms with Crippen molar-refractivity contribution in [2.24, 2.45) is 0 Å². The zero-order valence-electron chi connectivity index (χ0n) is 30.2. The number of hydrogen-bond donors (Lipinski definition) is 2. The molecule has 8 aromatic rings. The van der Waals surface area contributed by atoms with E-state index in [9.17, 15) is 10.2 Å². The average molecular weight is 857 g/mol. The molecule has 0 spiro atoms. The minimum Gasteiger partial charge on any atom is -0.376 e. The van der Waals surface area contributed by atoms with Crippen molar-refractivity contribution in [2.45, 2.75) is 11.2 Å². The van der Waals surface area contributed by atoms with E-state index in [1.807, 2.05) is 158 Å². The third kappa shape index (κ3) is 6.16. The summed E-state index contributed by atoms with van der Waals surface area (Å²) in [5.74, 6) is 0. The Balaban J connectivity index is 1.18. The predicted molar refractivity (Wildman–Crippen MR) is 235 cm³/mol. The Labute approximate surface area is 343 Å². The summed E-state index contributed by atoms with van der Waals surface area (Å²) in [6, 6.07) is 68.7. The molecule has 6 heteroatoms. The van der Waals surface area contributed by atoms with E-state index in [2.05, 4.69) is 90.2 Å². The van der Waals surface area contributed by atoms with E-state index in [0.29, 0.717) is 33.4 Å². The summed E-state index contributed by atoms with van der Waals surface area (Å²) in [5, 5.41) is 26.6. The number of fused-ring (bicyclic) bond motifs is 2. The molecule has 0 aromatic heterocycles. The lowest BCUT2D eigenvalue weighted by Gasteiger charge is -2.45. The molecule has 0 saturated carbocycles. The van der Waals surface area contributed by atoms with E-state index in [1.165, 1.54) is 0 Å². The lowest BCUT2D eigenvalue weighted by molar-refractivity contribution is 0.0747. The molecule has 1 aliphatic rings. The van der Waals surface area contributed by atoms with Gasteiger partial charge < -0.3 is 20.0 Å². The SMILES string of the molecule is OC1(c2ccc(N(c3ccccc3)c3ccccc3)cc2)c2ccc(Br)cc2C(O)(c2ccc(N(c3ccccc3)c3ccccc3)cc2)c2ccc(Br)cc21. The predicted octanol–water partition coefficient (Wildman–Crippen LogP) is 13.0. The number of hydrogen-bond acceptors (Lipinski definition) is 4. The fraction of sp³-hybridized carbons (Fsp3) is 0.0400. The monoisotopic (exact) mass is 854 g/mol. The Hall–Kier alpha value is -5.76. The van der Waals surface area contributed by atoms with Crippen LogP contribution >= 0.6 is 31.9 Å². The van der Waals surface area contributed by atoms with Crippen LogP contribution in [0, 0.1) is 0 Å². The first-order chi connectivity index (χ1) is 27.4. The van der Waals surface area contributed by atoms with Crippen LogP contribution in [0.15, 0.2) is 215 Å². The summed E-state index contributed by atoms with van der Waals surface area (Å²) in [5.41, 5.74) is 6.58. The van der Waals surface area contributed by atoms with Gasteiger partial charge in [0.1, 0.15) is 11.2 Å². The minimum absolute atomic E-state index is 0.596. The summed E-state index contributed by atoms with van der Waals surface area (Å²) >= 11 is 7.40. The summed E-state index contributed by atoms with van der Waals surface area (Å²) in [6.45, 7) is 0. The van der Waals surface area contributed by atoms with E-state index in [0.717, 1.165) is 43.1 Å². The molecule has 2 N–H and O–H groups in total. The van der Waals surface area contributed by atoms with E-state index in [4.69, 9.17) is 0 Å². The Bertz CT molecular complexity index is 2360. The topological polar surface area (TPSA) is 46.9 Å². The average Bonchev–Trinajstić information content (AvgIpc) is 3.25. The molecule has 0 heterocycles. The first-order valence-corrected chi connectivity index (χ1v) is 20.0. The maximum Gasteiger partial charge on any atom is 0.141 e. The highest BCUT2D eigenvalue weighted by Gasteiger charge is 2.51. The van der Waals surface area contributed by atoms with Gasteiger partial charge in [-0.15, -0.1) is 0 Å². The quantitative estimate of drug-likeness (QED) is 0.160. The van der Waals surface area contributed by atoms with Crippen molar-refractivity contribution in [1.29, 1.82) is 0 Å². The van der Waals surface area contributed by atoms with Gasteiger partial charge in [-0.05, 0) is 119 Å². The van der Waals surface area contributed by atoms with Crippen LogP contribution in [0.3, 0.4) is 0 Å². The van der Waals surface area contributed by atoms with Gasteiger partial charge in [-0.2, -0.15) is 0 Å². The second-order valence-corrected chi connectivity index (χ2v) is 15.7. The molecule has 4 nitrogen and oxygen atoms in total. The normalized spacial score (nSPS) is 17.1. The fourth-order valence-corrected chi connectivity index (χ4v) is 8.80. The van der Waals surface area contributed by atoms with Crippen molar-refractivity contribution in [3.05, 3.63) is 249 Å². The number of rotatable bonds is 8. The molecular weight excluding hydrogens is 820 g/mol. The van der Waals surface area contributed by atoms with Gasteiger partial charge in [0, 0.05) is 54.2 Å². The third-order valence-corrected chi connectivity index (χ3v) is 11.7. The van der Waals surface area contributed by atoms with Gasteiger partial charge in [0.15, 0.2) is 0 Å². The van der Waals surface area contributed by atoms with Crippen molar-refractivity contribution in [3.63, 3.8) is 0 Å². The second kappa shape index (κ2) is 14.7. The number of halogens is 2. The summed E-state index contributed by atoms with van der Waals surface area (Å²) < 4.78 is 1.59. The van der Waals surface area contributed by atoms with Crippen LogP contribution in [0.1, 0.15) is 33.4 Å². The number of nitrogens with zero attached hydrogens (tertiary/aromatic N) is 2. The van der Waals surface area contributed by atoms with Crippen molar-refractivity contribution in [2.75, 3.05) is 9.80 Å². The smallest absolute Gasteiger partial charge is 0.141 e. The van der Waals surface area contributed by atoms with Gasteiger partial charge in [-0.1, -0.05) is 141 Å². The molecule has 272 valence electrons. The molecule has 0 amide bonds. The standard InChI is InChI=1S/C50H36Br2N2O2/c51-37-26-32-46-47(33-37)49(55,35-21-27-43(28-22-35)53(39-13-5-1-6-14-39)40-15-7-2-8-16-40)45-31-25-38(52)34-48(45)50(46,56)36-23-29-44(30-24-36)54(41-17-9-3-10-18-41)42-19-11-4-12-20-42/h1-34,55-56H. The molecule has 9 rings (SSSR count). The lowest BCUT2D eigenvalue weighted by atomic mass is 9.63. The van der Waals surface area contributed by atoms with Crippen LogP contribution in [-0.4, -0.2) is 10.2 Å². The summed E-state index contributed by atoms with van der Waals surface area (Å²) in [7, 11) is 0. The zero-order valence-corrected chi connectivity index (χ0v) is 33.3. The highest BCUT2D eigenvalue weighted by atomic mass is 79.9. The second-order valence-electron chi connectivity index (χ2n) is 13.9. The molecular formula is C50H36Br2N2O2. The van der Waals surface area contributed by atoms with Crippen molar-refractivity contribution < 1.29 is 10.2 Å². The largest absolute Gasteiger partial charge is 0.376 e. The van der Waals surface area contributed by atoms with Gasteiger partial charge >= 0.3 is 0 Å². The van der Waals surface area contributed by atoms with Gasteiger partial charge in [0.05, 0.1) is 0 Å². The van der Waals surface area contributed by atoms with Crippen molar-refractivity contribution in [3.8, 4) is 0 Å². The van der Waals surface area contributed by atoms with E-state index in [-0.39, 0.29) is 0 Å². The van der Waals surface area contributed by atoms with Crippen molar-refractivity contribution in [1.82, 2.24) is 0 Å². The van der Waals surface area contributed by atoms with E-state index < -0.39 is 11.2 Å².